The van der Waals surface area contributed by atoms with E-state index in [-0.39, 0.29) is 5.88 Å². The van der Waals surface area contributed by atoms with Crippen LogP contribution in [-0.2, 0) is 0 Å². The van der Waals surface area contributed by atoms with Gasteiger partial charge in [0.05, 0.1) is 5.69 Å². The van der Waals surface area contributed by atoms with Crippen molar-refractivity contribution >= 4 is 11.6 Å². The molecule has 1 N–H and O–H groups in total. The highest BCUT2D eigenvalue weighted by Gasteiger charge is 2.05. The van der Waals surface area contributed by atoms with Crippen LogP contribution in [0.15, 0.2) is 30.7 Å². The van der Waals surface area contributed by atoms with E-state index < -0.39 is 0 Å². The lowest BCUT2D eigenvalue weighted by Gasteiger charge is -2.01. The Labute approximate surface area is 85.2 Å². The van der Waals surface area contributed by atoms with Gasteiger partial charge in [0, 0.05) is 17.8 Å². The number of nitrogens with zero attached hydrogens (tertiary/aromatic N) is 3. The Kier molecular flexibility index (Phi) is 2.28. The second-order valence-electron chi connectivity index (χ2n) is 2.60. The molecule has 0 aliphatic rings. The molecule has 0 aromatic carbocycles. The van der Waals surface area contributed by atoms with E-state index in [1.807, 2.05) is 0 Å². The summed E-state index contributed by atoms with van der Waals surface area (Å²) in [6.07, 6.45) is 2.86. The summed E-state index contributed by atoms with van der Waals surface area (Å²) in [5.41, 5.74) is 1.22. The molecule has 0 fully saturated rings. The first kappa shape index (κ1) is 8.90. The smallest absolute Gasteiger partial charge is 0.214 e. The molecule has 2 aromatic rings. The van der Waals surface area contributed by atoms with Crippen LogP contribution in [0.4, 0.5) is 0 Å². The third-order valence-corrected chi connectivity index (χ3v) is 1.99. The maximum Gasteiger partial charge on any atom is 0.214 e. The minimum Gasteiger partial charge on any atom is -0.493 e. The number of aromatic hydroxyl groups is 1. The van der Waals surface area contributed by atoms with Gasteiger partial charge in [-0.2, -0.15) is 0 Å². The summed E-state index contributed by atoms with van der Waals surface area (Å²) in [6, 6.07) is 4.96. The van der Waals surface area contributed by atoms with E-state index in [1.54, 1.807) is 18.3 Å². The maximum atomic E-state index is 9.15. The first-order valence-electron chi connectivity index (χ1n) is 3.89. The molecule has 0 amide bonds. The molecule has 0 radical (unpaired) electrons. The number of hydrogen-bond donors (Lipinski definition) is 1. The highest BCUT2D eigenvalue weighted by atomic mass is 35.5. The zero-order valence-electron chi connectivity index (χ0n) is 7.05. The molecule has 2 rings (SSSR count). The number of rotatable bonds is 1. The molecule has 0 aliphatic heterocycles. The minimum absolute atomic E-state index is 0.0880. The summed E-state index contributed by atoms with van der Waals surface area (Å²) >= 11 is 5.86. The summed E-state index contributed by atoms with van der Waals surface area (Å²) in [5.74, 6) is -0.0880. The van der Waals surface area contributed by atoms with E-state index >= 15 is 0 Å². The summed E-state index contributed by atoms with van der Waals surface area (Å²) in [7, 11) is 0. The number of halogens is 1. The van der Waals surface area contributed by atoms with Crippen molar-refractivity contribution in [3.63, 3.8) is 0 Å². The van der Waals surface area contributed by atoms with Gasteiger partial charge in [-0.1, -0.05) is 11.6 Å². The van der Waals surface area contributed by atoms with Gasteiger partial charge < -0.3 is 5.11 Å². The van der Waals surface area contributed by atoms with Crippen LogP contribution in [0.25, 0.3) is 11.3 Å². The van der Waals surface area contributed by atoms with Gasteiger partial charge in [0.15, 0.2) is 0 Å². The summed E-state index contributed by atoms with van der Waals surface area (Å²) < 4.78 is 0. The standard InChI is InChI=1S/C9H6ClN3O/c10-9-6(2-1-3-11-9)7-4-8(14)13-5-12-7/h1-5H,(H,12,13,14). The van der Waals surface area contributed by atoms with Crippen molar-refractivity contribution in [3.8, 4) is 17.1 Å². The largest absolute Gasteiger partial charge is 0.493 e. The van der Waals surface area contributed by atoms with Gasteiger partial charge in [-0.3, -0.25) is 0 Å². The average Bonchev–Trinajstić information content (AvgIpc) is 2.18. The highest BCUT2D eigenvalue weighted by Crippen LogP contribution is 2.24. The third-order valence-electron chi connectivity index (χ3n) is 1.69. The Morgan fingerprint density at radius 1 is 1.21 bits per heavy atom. The Bertz CT molecular complexity index is 461. The van der Waals surface area contributed by atoms with Crippen LogP contribution in [0.3, 0.4) is 0 Å². The molecule has 70 valence electrons. The fourth-order valence-electron chi connectivity index (χ4n) is 1.07. The predicted molar refractivity (Wildman–Crippen MR) is 51.9 cm³/mol. The molecule has 0 aliphatic carbocycles. The Morgan fingerprint density at radius 2 is 2.07 bits per heavy atom. The SMILES string of the molecule is Oc1cc(-c2cccnc2Cl)ncn1. The van der Waals surface area contributed by atoms with Crippen LogP contribution < -0.4 is 0 Å². The molecular formula is C9H6ClN3O. The van der Waals surface area contributed by atoms with Gasteiger partial charge in [0.25, 0.3) is 0 Å². The molecule has 0 bridgehead atoms. The van der Waals surface area contributed by atoms with E-state index in [9.17, 15) is 0 Å². The van der Waals surface area contributed by atoms with Crippen LogP contribution in [0.5, 0.6) is 5.88 Å². The van der Waals surface area contributed by atoms with Crippen molar-refractivity contribution in [1.29, 1.82) is 0 Å². The molecule has 14 heavy (non-hydrogen) atoms. The second-order valence-corrected chi connectivity index (χ2v) is 2.96. The lowest BCUT2D eigenvalue weighted by Crippen LogP contribution is -1.87. The third kappa shape index (κ3) is 1.65. The maximum absolute atomic E-state index is 9.15. The van der Waals surface area contributed by atoms with Gasteiger partial charge >= 0.3 is 0 Å². The van der Waals surface area contributed by atoms with E-state index in [1.165, 1.54) is 12.4 Å². The molecule has 0 unspecified atom stereocenters. The topological polar surface area (TPSA) is 58.9 Å². The Morgan fingerprint density at radius 3 is 2.79 bits per heavy atom. The zero-order chi connectivity index (χ0) is 9.97. The van der Waals surface area contributed by atoms with Crippen molar-refractivity contribution in [1.82, 2.24) is 15.0 Å². The van der Waals surface area contributed by atoms with Crippen molar-refractivity contribution in [2.45, 2.75) is 0 Å². The molecule has 0 spiro atoms. The van der Waals surface area contributed by atoms with Gasteiger partial charge in [0.2, 0.25) is 5.88 Å². The van der Waals surface area contributed by atoms with Crippen molar-refractivity contribution in [2.24, 2.45) is 0 Å². The molecule has 0 atom stereocenters. The highest BCUT2D eigenvalue weighted by molar-refractivity contribution is 6.32. The van der Waals surface area contributed by atoms with Gasteiger partial charge in [-0.25, -0.2) is 15.0 Å². The van der Waals surface area contributed by atoms with Crippen molar-refractivity contribution < 1.29 is 5.11 Å². The second kappa shape index (κ2) is 3.59. The van der Waals surface area contributed by atoms with E-state index in [0.717, 1.165) is 0 Å². The fourth-order valence-corrected chi connectivity index (χ4v) is 1.29. The fraction of sp³-hybridized carbons (Fsp3) is 0. The van der Waals surface area contributed by atoms with E-state index in [2.05, 4.69) is 15.0 Å². The molecule has 4 nitrogen and oxygen atoms in total. The molecule has 0 saturated carbocycles. The lowest BCUT2D eigenvalue weighted by molar-refractivity contribution is 0.452. The number of aromatic nitrogens is 3. The van der Waals surface area contributed by atoms with Crippen LogP contribution in [-0.4, -0.2) is 20.1 Å². The van der Waals surface area contributed by atoms with Crippen LogP contribution >= 0.6 is 11.6 Å². The Hall–Kier alpha value is -1.68. The average molecular weight is 208 g/mol. The number of pyridine rings is 1. The first-order chi connectivity index (χ1) is 6.77. The molecule has 0 saturated heterocycles. The van der Waals surface area contributed by atoms with Crippen LogP contribution in [0, 0.1) is 0 Å². The van der Waals surface area contributed by atoms with Crippen molar-refractivity contribution in [3.05, 3.63) is 35.9 Å². The summed E-state index contributed by atoms with van der Waals surface area (Å²) in [6.45, 7) is 0. The molecular weight excluding hydrogens is 202 g/mol. The van der Waals surface area contributed by atoms with Crippen LogP contribution in [0.1, 0.15) is 0 Å². The first-order valence-corrected chi connectivity index (χ1v) is 4.27. The molecule has 2 aromatic heterocycles. The van der Waals surface area contributed by atoms with Gasteiger partial charge in [0.1, 0.15) is 11.5 Å². The van der Waals surface area contributed by atoms with Gasteiger partial charge in [-0.05, 0) is 12.1 Å². The number of hydrogen-bond acceptors (Lipinski definition) is 4. The Balaban J connectivity index is 2.55. The molecule has 5 heteroatoms. The summed E-state index contributed by atoms with van der Waals surface area (Å²) in [4.78, 5) is 11.5. The normalized spacial score (nSPS) is 10.1. The zero-order valence-corrected chi connectivity index (χ0v) is 7.81. The quantitative estimate of drug-likeness (QED) is 0.726. The molecule has 2 heterocycles. The van der Waals surface area contributed by atoms with Crippen molar-refractivity contribution in [2.75, 3.05) is 0 Å². The van der Waals surface area contributed by atoms with E-state index in [4.69, 9.17) is 16.7 Å². The van der Waals surface area contributed by atoms with Crippen LogP contribution in [0.2, 0.25) is 5.15 Å². The lowest BCUT2D eigenvalue weighted by atomic mass is 10.2. The predicted octanol–water partition coefficient (Wildman–Crippen LogP) is 1.90. The van der Waals surface area contributed by atoms with Gasteiger partial charge in [-0.15, -0.1) is 0 Å². The van der Waals surface area contributed by atoms with E-state index in [0.29, 0.717) is 16.4 Å². The summed E-state index contributed by atoms with van der Waals surface area (Å²) in [5, 5.41) is 9.50. The minimum atomic E-state index is -0.0880. The monoisotopic (exact) mass is 207 g/mol.